The summed E-state index contributed by atoms with van der Waals surface area (Å²) in [5, 5.41) is 10.4. The van der Waals surface area contributed by atoms with E-state index in [2.05, 4.69) is 217 Å². The van der Waals surface area contributed by atoms with Gasteiger partial charge in [0.15, 0.2) is 8.07 Å². The van der Waals surface area contributed by atoms with Gasteiger partial charge in [0, 0.05) is 9.75 Å². The second kappa shape index (κ2) is 14.3. The number of benzene rings is 6. The molecule has 4 heterocycles. The minimum absolute atomic E-state index is 1.24. The monoisotopic (exact) mass is 752 g/mol. The summed E-state index contributed by atoms with van der Waals surface area (Å²) in [6.45, 7) is 0. The molecule has 10 rings (SSSR count). The molecule has 2 aromatic heterocycles. The van der Waals surface area contributed by atoms with Crippen molar-refractivity contribution >= 4 is 73.8 Å². The Kier molecular flexibility index (Phi) is 8.69. The Morgan fingerprint density at radius 2 is 0.491 bits per heavy atom. The summed E-state index contributed by atoms with van der Waals surface area (Å²) in [7, 11) is -3.32. The molecule has 0 radical (unpaired) electrons. The summed E-state index contributed by atoms with van der Waals surface area (Å²) in [5.41, 5.74) is 12.9. The Morgan fingerprint density at radius 1 is 0.236 bits per heavy atom. The highest BCUT2D eigenvalue weighted by Crippen LogP contribution is 2.70. The predicted molar refractivity (Wildman–Crippen MR) is 240 cm³/mol. The molecule has 8 aromatic rings. The van der Waals surface area contributed by atoms with Gasteiger partial charge in [0.25, 0.3) is 0 Å². The molecular weight excluding hydrogens is 717 g/mol. The van der Waals surface area contributed by atoms with Crippen LogP contribution < -0.4 is 0 Å². The lowest BCUT2D eigenvalue weighted by Crippen LogP contribution is -2.39. The molecule has 2 aliphatic heterocycles. The van der Waals surface area contributed by atoms with E-state index in [1.165, 1.54) is 86.2 Å². The summed E-state index contributed by atoms with van der Waals surface area (Å²) in [5.74, 6) is 0. The molecule has 0 saturated carbocycles. The minimum atomic E-state index is -3.32. The van der Waals surface area contributed by atoms with E-state index in [-0.39, 0.29) is 0 Å². The van der Waals surface area contributed by atoms with Gasteiger partial charge < -0.3 is 0 Å². The molecule has 2 aliphatic rings. The third-order valence-electron chi connectivity index (χ3n) is 10.9. The summed E-state index contributed by atoms with van der Waals surface area (Å²) in [4.78, 5) is 2.66. The van der Waals surface area contributed by atoms with Gasteiger partial charge in [-0.1, -0.05) is 194 Å². The first-order chi connectivity index (χ1) is 27.4. The summed E-state index contributed by atoms with van der Waals surface area (Å²) in [6, 6.07) is 76.7. The third kappa shape index (κ3) is 5.46. The largest absolute Gasteiger partial charge is 0.186 e. The van der Waals surface area contributed by atoms with Crippen molar-refractivity contribution in [3.63, 3.8) is 0 Å². The van der Waals surface area contributed by atoms with E-state index in [9.17, 15) is 0 Å². The molecule has 0 nitrogen and oxygen atoms in total. The van der Waals surface area contributed by atoms with Crippen molar-refractivity contribution in [1.29, 1.82) is 0 Å². The molecule has 0 unspecified atom stereocenters. The van der Waals surface area contributed by atoms with Crippen LogP contribution in [-0.4, -0.2) is 8.07 Å². The molecule has 0 aliphatic carbocycles. The van der Waals surface area contributed by atoms with Gasteiger partial charge in [0.1, 0.15) is 0 Å². The van der Waals surface area contributed by atoms with Crippen LogP contribution >= 0.6 is 22.7 Å². The molecule has 260 valence electrons. The molecule has 1 spiro atoms. The molecule has 0 amide bonds. The molecule has 6 aromatic carbocycles. The van der Waals surface area contributed by atoms with Crippen molar-refractivity contribution < 1.29 is 0 Å². The van der Waals surface area contributed by atoms with Crippen LogP contribution in [0.2, 0.25) is 0 Å². The van der Waals surface area contributed by atoms with E-state index in [1.54, 1.807) is 0 Å². The van der Waals surface area contributed by atoms with Gasteiger partial charge in [-0.2, -0.15) is 0 Å². The van der Waals surface area contributed by atoms with Crippen LogP contribution in [-0.2, 0) is 0 Å². The van der Waals surface area contributed by atoms with Crippen LogP contribution in [0.1, 0.15) is 43.1 Å². The average molecular weight is 753 g/mol. The Bertz CT molecular complexity index is 2530. The quantitative estimate of drug-likeness (QED) is 0.136. The fourth-order valence-electron chi connectivity index (χ4n) is 8.96. The van der Waals surface area contributed by atoms with Crippen LogP contribution in [0, 0.1) is 0 Å². The second-order valence-electron chi connectivity index (χ2n) is 13.9. The molecular formula is C52H36S2Si. The highest BCUT2D eigenvalue weighted by Gasteiger charge is 2.61. The first kappa shape index (κ1) is 33.5. The fraction of sp³-hybridized carbons (Fsp3) is 0. The molecule has 55 heavy (non-hydrogen) atoms. The van der Waals surface area contributed by atoms with Crippen molar-refractivity contribution in [2.75, 3.05) is 0 Å². The number of rotatable bonds is 8. The Balaban J connectivity index is 1.55. The van der Waals surface area contributed by atoms with Crippen molar-refractivity contribution in [3.05, 3.63) is 260 Å². The van der Waals surface area contributed by atoms with Gasteiger partial charge in [-0.15, -0.1) is 22.7 Å². The maximum absolute atomic E-state index is 3.32. The maximum atomic E-state index is 2.38. The van der Waals surface area contributed by atoms with Gasteiger partial charge in [-0.25, -0.2) is 0 Å². The first-order valence-electron chi connectivity index (χ1n) is 18.8. The number of allylic oxidation sites excluding steroid dienone is 4. The molecule has 0 N–H and O–H groups in total. The topological polar surface area (TPSA) is 0 Å². The standard InChI is InChI=1S/C52H36S2Si/c1-7-21-37(22-8-1)45-46(38-23-9-2-10-24-38)50(42-31-17-6-18-32-42)55(49(45)41-29-15-5-16-30-41)51(43-33-19-35-53-43)47(39-25-11-3-12-26-39)48(40-27-13-4-14-28-40)52(55)44-34-20-36-54-44/h1-36H. The first-order valence-corrected chi connectivity index (χ1v) is 22.5. The van der Waals surface area contributed by atoms with E-state index in [0.717, 1.165) is 0 Å². The lowest BCUT2D eigenvalue weighted by Gasteiger charge is -2.36. The summed E-state index contributed by atoms with van der Waals surface area (Å²) in [6.07, 6.45) is 0. The smallest absolute Gasteiger partial charge is 0.145 e. The van der Waals surface area contributed by atoms with Crippen LogP contribution in [0.25, 0.3) is 43.1 Å². The second-order valence-corrected chi connectivity index (χ2v) is 19.3. The zero-order valence-electron chi connectivity index (χ0n) is 30.1. The van der Waals surface area contributed by atoms with Crippen LogP contribution in [0.3, 0.4) is 0 Å². The third-order valence-corrected chi connectivity index (χ3v) is 18.2. The van der Waals surface area contributed by atoms with Crippen molar-refractivity contribution in [2.45, 2.75) is 0 Å². The van der Waals surface area contributed by atoms with E-state index in [0.29, 0.717) is 0 Å². The zero-order valence-corrected chi connectivity index (χ0v) is 32.7. The highest BCUT2D eigenvalue weighted by atomic mass is 32.1. The zero-order chi connectivity index (χ0) is 36.6. The van der Waals surface area contributed by atoms with E-state index in [1.807, 2.05) is 22.7 Å². The lowest BCUT2D eigenvalue weighted by atomic mass is 9.89. The van der Waals surface area contributed by atoms with Crippen molar-refractivity contribution in [3.8, 4) is 0 Å². The summed E-state index contributed by atoms with van der Waals surface area (Å²) >= 11 is 3.75. The van der Waals surface area contributed by atoms with Gasteiger partial charge in [-0.05, 0) is 99.4 Å². The predicted octanol–water partition coefficient (Wildman–Crippen LogP) is 14.2. The van der Waals surface area contributed by atoms with Crippen LogP contribution in [0.15, 0.2) is 217 Å². The van der Waals surface area contributed by atoms with Crippen LogP contribution in [0.5, 0.6) is 0 Å². The molecule has 0 fully saturated rings. The van der Waals surface area contributed by atoms with Gasteiger partial charge >= 0.3 is 0 Å². The fourth-order valence-corrected chi connectivity index (χ4v) is 17.8. The van der Waals surface area contributed by atoms with Crippen molar-refractivity contribution in [2.24, 2.45) is 0 Å². The normalized spacial score (nSPS) is 15.1. The molecule has 0 atom stereocenters. The summed E-state index contributed by atoms with van der Waals surface area (Å²) < 4.78 is 0. The number of hydrogen-bond acceptors (Lipinski definition) is 2. The number of thiophene rings is 2. The Morgan fingerprint density at radius 3 is 0.745 bits per heavy atom. The maximum Gasteiger partial charge on any atom is 0.186 e. The van der Waals surface area contributed by atoms with E-state index in [4.69, 9.17) is 0 Å². The Hall–Kier alpha value is -6.10. The van der Waals surface area contributed by atoms with E-state index < -0.39 is 8.07 Å². The van der Waals surface area contributed by atoms with Gasteiger partial charge in [0.05, 0.1) is 0 Å². The molecule has 0 bridgehead atoms. The lowest BCUT2D eigenvalue weighted by molar-refractivity contribution is 1.58. The SMILES string of the molecule is c1ccc(C2=C(c3ccccc3)[Si]3(C(c4ccccc4)=C2c2ccccc2)C(c2cccs2)=C(c2ccccc2)C(c2ccccc2)=C3c2cccs2)cc1. The highest BCUT2D eigenvalue weighted by molar-refractivity contribution is 7.40. The number of hydrogen-bond donors (Lipinski definition) is 0. The Labute approximate surface area is 332 Å². The minimum Gasteiger partial charge on any atom is -0.145 e. The van der Waals surface area contributed by atoms with Crippen LogP contribution in [0.4, 0.5) is 0 Å². The molecule has 0 saturated heterocycles. The van der Waals surface area contributed by atoms with Gasteiger partial charge in [-0.3, -0.25) is 0 Å². The average Bonchev–Trinajstić information content (AvgIpc) is 4.09. The van der Waals surface area contributed by atoms with Crippen molar-refractivity contribution in [1.82, 2.24) is 0 Å². The molecule has 3 heteroatoms. The van der Waals surface area contributed by atoms with Gasteiger partial charge in [0.2, 0.25) is 0 Å². The van der Waals surface area contributed by atoms with E-state index >= 15 is 0 Å².